The van der Waals surface area contributed by atoms with E-state index < -0.39 is 33.9 Å². The van der Waals surface area contributed by atoms with Gasteiger partial charge in [-0.15, -0.1) is 0 Å². The third-order valence-electron chi connectivity index (χ3n) is 5.65. The van der Waals surface area contributed by atoms with Gasteiger partial charge in [0.2, 0.25) is 15.9 Å². The molecule has 9 nitrogen and oxygen atoms in total. The SMILES string of the molecule is C[C@@H]1C[C@@H](C)CN(S(=O)(=O)c2ccc(C(=O)O[C@@H](C)C(=O)Nc3ccc(C(N)=O)cc3)cc2)C1. The molecule has 1 heterocycles. The molecule has 1 aliphatic rings. The van der Waals surface area contributed by atoms with Crippen molar-refractivity contribution >= 4 is 33.5 Å². The highest BCUT2D eigenvalue weighted by atomic mass is 32.2. The second kappa shape index (κ2) is 10.4. The third-order valence-corrected chi connectivity index (χ3v) is 7.50. The number of primary amides is 1. The van der Waals surface area contributed by atoms with E-state index in [1.807, 2.05) is 13.8 Å². The van der Waals surface area contributed by atoms with Crippen LogP contribution in [-0.4, -0.2) is 49.7 Å². The van der Waals surface area contributed by atoms with Crippen molar-refractivity contribution in [1.82, 2.24) is 4.31 Å². The zero-order chi connectivity index (χ0) is 25.0. The minimum atomic E-state index is -3.66. The Bertz CT molecular complexity index is 1150. The number of benzene rings is 2. The summed E-state index contributed by atoms with van der Waals surface area (Å²) in [6, 6.07) is 11.5. The molecular formula is C24H29N3O6S. The van der Waals surface area contributed by atoms with Crippen LogP contribution < -0.4 is 11.1 Å². The number of sulfonamides is 1. The molecule has 0 aromatic heterocycles. The number of esters is 1. The summed E-state index contributed by atoms with van der Waals surface area (Å²) >= 11 is 0. The van der Waals surface area contributed by atoms with Gasteiger partial charge < -0.3 is 15.8 Å². The van der Waals surface area contributed by atoms with Crippen molar-refractivity contribution in [2.24, 2.45) is 17.6 Å². The minimum Gasteiger partial charge on any atom is -0.449 e. The van der Waals surface area contributed by atoms with Crippen molar-refractivity contribution < 1.29 is 27.5 Å². The first-order valence-electron chi connectivity index (χ1n) is 11.0. The number of rotatable bonds is 7. The quantitative estimate of drug-likeness (QED) is 0.576. The van der Waals surface area contributed by atoms with Crippen LogP contribution in [0.25, 0.3) is 0 Å². The number of carbonyl (C=O) groups is 3. The summed E-state index contributed by atoms with van der Waals surface area (Å²) in [5, 5.41) is 2.58. The first-order valence-corrected chi connectivity index (χ1v) is 12.4. The predicted molar refractivity (Wildman–Crippen MR) is 127 cm³/mol. The molecular weight excluding hydrogens is 458 g/mol. The van der Waals surface area contributed by atoms with Crippen LogP contribution in [0.4, 0.5) is 5.69 Å². The molecule has 0 bridgehead atoms. The molecule has 3 N–H and O–H groups in total. The molecule has 2 amide bonds. The number of nitrogens with one attached hydrogen (secondary N) is 1. The third kappa shape index (κ3) is 6.00. The lowest BCUT2D eigenvalue weighted by Crippen LogP contribution is -2.42. The summed E-state index contributed by atoms with van der Waals surface area (Å²) in [7, 11) is -3.66. The standard InChI is InChI=1S/C24H29N3O6S/c1-15-12-16(2)14-27(13-15)34(31,32)21-10-6-19(7-11-21)24(30)33-17(3)23(29)26-20-8-4-18(5-9-20)22(25)28/h4-11,15-17H,12-14H2,1-3H3,(H2,25,28)(H,26,29)/t15-,16-,17+/m1/s1. The molecule has 1 saturated heterocycles. The zero-order valence-corrected chi connectivity index (χ0v) is 20.2. The van der Waals surface area contributed by atoms with Gasteiger partial charge in [-0.1, -0.05) is 13.8 Å². The smallest absolute Gasteiger partial charge is 0.338 e. The van der Waals surface area contributed by atoms with Gasteiger partial charge >= 0.3 is 5.97 Å². The van der Waals surface area contributed by atoms with E-state index >= 15 is 0 Å². The van der Waals surface area contributed by atoms with Crippen LogP contribution in [0.5, 0.6) is 0 Å². The molecule has 1 aliphatic heterocycles. The van der Waals surface area contributed by atoms with Crippen LogP contribution in [0.2, 0.25) is 0 Å². The maximum Gasteiger partial charge on any atom is 0.338 e. The van der Waals surface area contributed by atoms with Gasteiger partial charge in [0.25, 0.3) is 5.91 Å². The molecule has 182 valence electrons. The summed E-state index contributed by atoms with van der Waals surface area (Å²) < 4.78 is 32.7. The number of piperidine rings is 1. The van der Waals surface area contributed by atoms with Gasteiger partial charge in [-0.05, 0) is 73.7 Å². The highest BCUT2D eigenvalue weighted by molar-refractivity contribution is 7.89. The summed E-state index contributed by atoms with van der Waals surface area (Å²) in [5.41, 5.74) is 6.02. The van der Waals surface area contributed by atoms with Crippen molar-refractivity contribution in [2.45, 2.75) is 38.2 Å². The first-order chi connectivity index (χ1) is 16.0. The lowest BCUT2D eigenvalue weighted by Gasteiger charge is -2.34. The molecule has 3 rings (SSSR count). The van der Waals surface area contributed by atoms with E-state index in [-0.39, 0.29) is 22.3 Å². The van der Waals surface area contributed by atoms with E-state index in [2.05, 4.69) is 5.32 Å². The lowest BCUT2D eigenvalue weighted by atomic mass is 9.94. The van der Waals surface area contributed by atoms with Gasteiger partial charge in [-0.2, -0.15) is 4.31 Å². The van der Waals surface area contributed by atoms with Crippen LogP contribution in [-0.2, 0) is 19.6 Å². The van der Waals surface area contributed by atoms with Crippen LogP contribution in [0.15, 0.2) is 53.4 Å². The van der Waals surface area contributed by atoms with Gasteiger partial charge in [0.05, 0.1) is 10.5 Å². The number of carbonyl (C=O) groups excluding carboxylic acids is 3. The second-order valence-electron chi connectivity index (χ2n) is 8.77. The molecule has 0 radical (unpaired) electrons. The molecule has 0 aliphatic carbocycles. The van der Waals surface area contributed by atoms with E-state index in [0.717, 1.165) is 6.42 Å². The van der Waals surface area contributed by atoms with Crippen LogP contribution in [0.3, 0.4) is 0 Å². The van der Waals surface area contributed by atoms with Gasteiger partial charge in [-0.25, -0.2) is 13.2 Å². The fourth-order valence-corrected chi connectivity index (χ4v) is 5.64. The number of anilines is 1. The number of nitrogens with zero attached hydrogens (tertiary/aromatic N) is 1. The Morgan fingerprint density at radius 1 is 0.971 bits per heavy atom. The Balaban J connectivity index is 1.61. The Kier molecular flexibility index (Phi) is 7.73. The highest BCUT2D eigenvalue weighted by Crippen LogP contribution is 2.27. The fourth-order valence-electron chi connectivity index (χ4n) is 3.96. The van der Waals surface area contributed by atoms with Crippen LogP contribution in [0.1, 0.15) is 47.9 Å². The van der Waals surface area contributed by atoms with E-state index in [4.69, 9.17) is 10.5 Å². The molecule has 2 aromatic rings. The monoisotopic (exact) mass is 487 g/mol. The lowest BCUT2D eigenvalue weighted by molar-refractivity contribution is -0.123. The minimum absolute atomic E-state index is 0.107. The predicted octanol–water partition coefficient (Wildman–Crippen LogP) is 2.64. The van der Waals surface area contributed by atoms with E-state index in [0.29, 0.717) is 24.3 Å². The van der Waals surface area contributed by atoms with Gasteiger partial charge in [-0.3, -0.25) is 9.59 Å². The molecule has 10 heteroatoms. The van der Waals surface area contributed by atoms with Crippen molar-refractivity contribution in [3.05, 3.63) is 59.7 Å². The Labute approximate surface area is 199 Å². The average molecular weight is 488 g/mol. The largest absolute Gasteiger partial charge is 0.449 e. The van der Waals surface area contributed by atoms with Gasteiger partial charge in [0.15, 0.2) is 6.10 Å². The molecule has 0 spiro atoms. The zero-order valence-electron chi connectivity index (χ0n) is 19.4. The number of ether oxygens (including phenoxy) is 1. The number of nitrogens with two attached hydrogens (primary N) is 1. The molecule has 3 atom stereocenters. The summed E-state index contributed by atoms with van der Waals surface area (Å²) in [5.74, 6) is -1.34. The van der Waals surface area contributed by atoms with Crippen LogP contribution in [0, 0.1) is 11.8 Å². The first kappa shape index (κ1) is 25.4. The highest BCUT2D eigenvalue weighted by Gasteiger charge is 2.31. The normalized spacial score (nSPS) is 19.7. The van der Waals surface area contributed by atoms with E-state index in [1.54, 1.807) is 0 Å². The number of hydrogen-bond acceptors (Lipinski definition) is 6. The second-order valence-corrected chi connectivity index (χ2v) is 10.7. The summed E-state index contributed by atoms with van der Waals surface area (Å²) in [6.07, 6.45) is -0.121. The van der Waals surface area contributed by atoms with Crippen molar-refractivity contribution in [1.29, 1.82) is 0 Å². The van der Waals surface area contributed by atoms with E-state index in [9.17, 15) is 22.8 Å². The summed E-state index contributed by atoms with van der Waals surface area (Å²) in [6.45, 7) is 6.42. The molecule has 34 heavy (non-hydrogen) atoms. The maximum atomic E-state index is 13.0. The van der Waals surface area contributed by atoms with Crippen LogP contribution >= 0.6 is 0 Å². The van der Waals surface area contributed by atoms with Gasteiger partial charge in [0, 0.05) is 24.3 Å². The molecule has 2 aromatic carbocycles. The van der Waals surface area contributed by atoms with Crippen molar-refractivity contribution in [3.63, 3.8) is 0 Å². The van der Waals surface area contributed by atoms with Crippen molar-refractivity contribution in [3.8, 4) is 0 Å². The van der Waals surface area contributed by atoms with Gasteiger partial charge in [0.1, 0.15) is 0 Å². The molecule has 0 unspecified atom stereocenters. The molecule has 1 fully saturated rings. The summed E-state index contributed by atoms with van der Waals surface area (Å²) in [4.78, 5) is 36.0. The number of amides is 2. The topological polar surface area (TPSA) is 136 Å². The maximum absolute atomic E-state index is 13.0. The number of hydrogen-bond donors (Lipinski definition) is 2. The Hall–Kier alpha value is -3.24. The van der Waals surface area contributed by atoms with E-state index in [1.165, 1.54) is 59.8 Å². The fraction of sp³-hybridized carbons (Fsp3) is 0.375. The molecule has 0 saturated carbocycles. The Morgan fingerprint density at radius 2 is 1.50 bits per heavy atom. The van der Waals surface area contributed by atoms with Crippen molar-refractivity contribution in [2.75, 3.05) is 18.4 Å². The average Bonchev–Trinajstić information content (AvgIpc) is 2.78. The Morgan fingerprint density at radius 3 is 2.03 bits per heavy atom.